The number of likely N-dealkylation sites (N-methyl/N-ethyl adjacent to an activating group) is 1. The molecule has 3 N–H and O–H groups in total. The second-order valence-corrected chi connectivity index (χ2v) is 5.94. The molecule has 0 aliphatic heterocycles. The third-order valence-electron chi connectivity index (χ3n) is 2.61. The normalized spacial score (nSPS) is 11.3. The van der Waals surface area contributed by atoms with E-state index >= 15 is 0 Å². The van der Waals surface area contributed by atoms with Crippen LogP contribution in [0.1, 0.15) is 20.3 Å². The first-order valence-electron chi connectivity index (χ1n) is 6.60. The average Bonchev–Trinajstić information content (AvgIpc) is 2.44. The topological polar surface area (TPSA) is 87.3 Å². The minimum absolute atomic E-state index is 0.107. The fourth-order valence-electron chi connectivity index (χ4n) is 1.50. The van der Waals surface area contributed by atoms with Crippen molar-refractivity contribution < 1.29 is 13.2 Å². The second-order valence-electron chi connectivity index (χ2n) is 4.18. The molecule has 0 radical (unpaired) electrons. The van der Waals surface area contributed by atoms with Crippen LogP contribution in [-0.2, 0) is 14.8 Å². The molecule has 1 amide bonds. The number of amides is 1. The van der Waals surface area contributed by atoms with Crippen LogP contribution in [0.15, 0.2) is 29.2 Å². The molecule has 0 aliphatic rings. The highest BCUT2D eigenvalue weighted by atomic mass is 32.2. The lowest BCUT2D eigenvalue weighted by molar-refractivity contribution is -0.115. The maximum atomic E-state index is 12.0. The summed E-state index contributed by atoms with van der Waals surface area (Å²) < 4.78 is 26.4. The lowest BCUT2D eigenvalue weighted by atomic mass is 10.3. The van der Waals surface area contributed by atoms with Crippen LogP contribution >= 0.6 is 0 Å². The molecule has 0 saturated carbocycles. The third kappa shape index (κ3) is 5.28. The van der Waals surface area contributed by atoms with Gasteiger partial charge >= 0.3 is 0 Å². The van der Waals surface area contributed by atoms with E-state index in [0.717, 1.165) is 6.54 Å². The van der Waals surface area contributed by atoms with Crippen molar-refractivity contribution in [3.8, 4) is 0 Å². The van der Waals surface area contributed by atoms with E-state index in [4.69, 9.17) is 0 Å². The van der Waals surface area contributed by atoms with Gasteiger partial charge in [-0.15, -0.1) is 0 Å². The molecule has 1 aromatic carbocycles. The molecule has 0 heterocycles. The first-order valence-corrected chi connectivity index (χ1v) is 8.08. The summed E-state index contributed by atoms with van der Waals surface area (Å²) in [7, 11) is -3.49. The number of hydrogen-bond acceptors (Lipinski definition) is 4. The Balaban J connectivity index is 2.64. The first-order chi connectivity index (χ1) is 9.49. The molecule has 0 atom stereocenters. The van der Waals surface area contributed by atoms with E-state index in [1.807, 2.05) is 6.92 Å². The molecule has 20 heavy (non-hydrogen) atoms. The summed E-state index contributed by atoms with van der Waals surface area (Å²) in [6.07, 6.45) is 0.381. The molecule has 0 bridgehead atoms. The van der Waals surface area contributed by atoms with Gasteiger partial charge in [-0.05, 0) is 30.8 Å². The van der Waals surface area contributed by atoms with Crippen molar-refractivity contribution in [3.63, 3.8) is 0 Å². The summed E-state index contributed by atoms with van der Waals surface area (Å²) in [6.45, 7) is 5.43. The van der Waals surface area contributed by atoms with Crippen LogP contribution in [0.5, 0.6) is 0 Å². The first kappa shape index (κ1) is 16.6. The Hall–Kier alpha value is -1.44. The van der Waals surface area contributed by atoms with Gasteiger partial charge in [0.25, 0.3) is 0 Å². The van der Waals surface area contributed by atoms with Crippen LogP contribution in [0.2, 0.25) is 0 Å². The van der Waals surface area contributed by atoms with Crippen molar-refractivity contribution in [1.29, 1.82) is 0 Å². The van der Waals surface area contributed by atoms with Crippen LogP contribution in [0, 0.1) is 0 Å². The van der Waals surface area contributed by atoms with E-state index in [9.17, 15) is 13.2 Å². The standard InChI is InChI=1S/C13H21N3O3S/c1-3-13(17)16-11-5-7-12(8-6-11)20(18,19)15-10-9-14-4-2/h5-8,14-15H,3-4,9-10H2,1-2H3,(H,16,17). The van der Waals surface area contributed by atoms with Gasteiger partial charge in [0.15, 0.2) is 0 Å². The van der Waals surface area contributed by atoms with E-state index in [2.05, 4.69) is 15.4 Å². The van der Waals surface area contributed by atoms with Crippen LogP contribution in [0.3, 0.4) is 0 Å². The molecule has 0 saturated heterocycles. The van der Waals surface area contributed by atoms with E-state index in [1.165, 1.54) is 12.1 Å². The van der Waals surface area contributed by atoms with Gasteiger partial charge in [-0.2, -0.15) is 0 Å². The SMILES string of the molecule is CCNCCNS(=O)(=O)c1ccc(NC(=O)CC)cc1. The van der Waals surface area contributed by atoms with E-state index in [-0.39, 0.29) is 10.8 Å². The lowest BCUT2D eigenvalue weighted by Gasteiger charge is -2.08. The fourth-order valence-corrected chi connectivity index (χ4v) is 2.53. The molecule has 0 fully saturated rings. The molecule has 112 valence electrons. The smallest absolute Gasteiger partial charge is 0.240 e. The number of carbonyl (C=O) groups excluding carboxylic acids is 1. The van der Waals surface area contributed by atoms with Gasteiger partial charge in [0.05, 0.1) is 4.90 Å². The summed E-state index contributed by atoms with van der Waals surface area (Å²) in [4.78, 5) is 11.4. The molecule has 0 unspecified atom stereocenters. The zero-order valence-electron chi connectivity index (χ0n) is 11.8. The highest BCUT2D eigenvalue weighted by molar-refractivity contribution is 7.89. The highest BCUT2D eigenvalue weighted by Gasteiger charge is 2.12. The number of benzene rings is 1. The molecule has 7 heteroatoms. The zero-order valence-corrected chi connectivity index (χ0v) is 12.6. The van der Waals surface area contributed by atoms with Gasteiger partial charge < -0.3 is 10.6 Å². The molecule has 0 aliphatic carbocycles. The Morgan fingerprint density at radius 1 is 1.10 bits per heavy atom. The van der Waals surface area contributed by atoms with Crippen molar-refractivity contribution in [3.05, 3.63) is 24.3 Å². The maximum Gasteiger partial charge on any atom is 0.240 e. The Morgan fingerprint density at radius 2 is 1.75 bits per heavy atom. The average molecular weight is 299 g/mol. The van der Waals surface area contributed by atoms with Gasteiger partial charge in [0, 0.05) is 25.2 Å². The minimum atomic E-state index is -3.49. The number of sulfonamides is 1. The summed E-state index contributed by atoms with van der Waals surface area (Å²) in [5.74, 6) is -0.107. The molecule has 0 aromatic heterocycles. The summed E-state index contributed by atoms with van der Waals surface area (Å²) >= 11 is 0. The van der Waals surface area contributed by atoms with Crippen molar-refractivity contribution >= 4 is 21.6 Å². The fraction of sp³-hybridized carbons (Fsp3) is 0.462. The number of carbonyl (C=O) groups is 1. The largest absolute Gasteiger partial charge is 0.326 e. The summed E-state index contributed by atoms with van der Waals surface area (Å²) in [5.41, 5.74) is 0.587. The molecular formula is C13H21N3O3S. The van der Waals surface area contributed by atoms with Crippen LogP contribution in [0.25, 0.3) is 0 Å². The number of anilines is 1. The molecule has 1 aromatic rings. The third-order valence-corrected chi connectivity index (χ3v) is 4.09. The predicted octanol–water partition coefficient (Wildman–Crippen LogP) is 0.923. The number of rotatable bonds is 8. The second kappa shape index (κ2) is 7.98. The Labute approximate surface area is 120 Å². The molecule has 6 nitrogen and oxygen atoms in total. The Bertz CT molecular complexity index is 526. The molecule has 1 rings (SSSR count). The minimum Gasteiger partial charge on any atom is -0.326 e. The monoisotopic (exact) mass is 299 g/mol. The van der Waals surface area contributed by atoms with Crippen molar-refractivity contribution in [1.82, 2.24) is 10.0 Å². The van der Waals surface area contributed by atoms with Gasteiger partial charge in [-0.25, -0.2) is 13.1 Å². The van der Waals surface area contributed by atoms with Crippen molar-refractivity contribution in [2.24, 2.45) is 0 Å². The zero-order chi connectivity index (χ0) is 15.0. The van der Waals surface area contributed by atoms with Crippen LogP contribution in [-0.4, -0.2) is 34.0 Å². The quantitative estimate of drug-likeness (QED) is 0.623. The summed E-state index contributed by atoms with van der Waals surface area (Å²) in [5, 5.41) is 5.70. The van der Waals surface area contributed by atoms with Gasteiger partial charge in [-0.1, -0.05) is 13.8 Å². The van der Waals surface area contributed by atoms with Crippen molar-refractivity contribution in [2.75, 3.05) is 25.0 Å². The summed E-state index contributed by atoms with van der Waals surface area (Å²) in [6, 6.07) is 6.10. The molecular weight excluding hydrogens is 278 g/mol. The van der Waals surface area contributed by atoms with Crippen molar-refractivity contribution in [2.45, 2.75) is 25.2 Å². The van der Waals surface area contributed by atoms with Crippen LogP contribution in [0.4, 0.5) is 5.69 Å². The van der Waals surface area contributed by atoms with E-state index in [0.29, 0.717) is 25.2 Å². The maximum absolute atomic E-state index is 12.0. The lowest BCUT2D eigenvalue weighted by Crippen LogP contribution is -2.31. The van der Waals surface area contributed by atoms with E-state index < -0.39 is 10.0 Å². The molecule has 0 spiro atoms. The van der Waals surface area contributed by atoms with Gasteiger partial charge in [0.2, 0.25) is 15.9 Å². The van der Waals surface area contributed by atoms with Crippen LogP contribution < -0.4 is 15.4 Å². The Morgan fingerprint density at radius 3 is 2.30 bits per heavy atom. The van der Waals surface area contributed by atoms with Gasteiger partial charge in [0.1, 0.15) is 0 Å². The number of nitrogens with one attached hydrogen (secondary N) is 3. The van der Waals surface area contributed by atoms with E-state index in [1.54, 1.807) is 19.1 Å². The number of hydrogen-bond donors (Lipinski definition) is 3. The predicted molar refractivity (Wildman–Crippen MR) is 79.1 cm³/mol. The highest BCUT2D eigenvalue weighted by Crippen LogP contribution is 2.13. The Kier molecular flexibility index (Phi) is 6.63. The van der Waals surface area contributed by atoms with Gasteiger partial charge in [-0.3, -0.25) is 4.79 Å².